The van der Waals surface area contributed by atoms with Crippen LogP contribution in [-0.2, 0) is 9.53 Å². The molecule has 0 saturated carbocycles. The molecule has 1 aliphatic rings. The number of aromatic nitrogens is 4. The number of unbranched alkanes of at least 4 members (excludes halogenated alkanes) is 2. The van der Waals surface area contributed by atoms with Crippen LogP contribution in [0.5, 0.6) is 0 Å². The third kappa shape index (κ3) is 4.54. The number of aliphatic carboxylic acids is 1. The average molecular weight is 411 g/mol. The molecule has 2 unspecified atom stereocenters. The lowest BCUT2D eigenvalue weighted by atomic mass is 10.1. The van der Waals surface area contributed by atoms with Gasteiger partial charge in [0.15, 0.2) is 23.2 Å². The van der Waals surface area contributed by atoms with E-state index < -0.39 is 30.5 Å². The van der Waals surface area contributed by atoms with Crippen molar-refractivity contribution < 1.29 is 24.9 Å². The van der Waals surface area contributed by atoms with E-state index in [0.29, 0.717) is 35.7 Å². The number of ether oxygens (including phenoxy) is 1. The third-order valence-corrected chi connectivity index (χ3v) is 5.32. The molecule has 28 heavy (non-hydrogen) atoms. The van der Waals surface area contributed by atoms with Crippen molar-refractivity contribution in [3.8, 4) is 0 Å². The lowest BCUT2D eigenvalue weighted by Crippen LogP contribution is -2.32. The van der Waals surface area contributed by atoms with E-state index >= 15 is 0 Å². The summed E-state index contributed by atoms with van der Waals surface area (Å²) in [5.74, 6) is 0.360. The summed E-state index contributed by atoms with van der Waals surface area (Å²) in [6.07, 6.45) is 4.00. The Bertz CT molecular complexity index is 803. The van der Waals surface area contributed by atoms with Crippen molar-refractivity contribution >= 4 is 34.7 Å². The number of imidazole rings is 1. The second-order valence-electron chi connectivity index (χ2n) is 6.68. The molecule has 0 spiro atoms. The molecule has 154 valence electrons. The molecular weight excluding hydrogens is 386 g/mol. The molecule has 1 aliphatic heterocycles. The maximum atomic E-state index is 10.5. The monoisotopic (exact) mass is 411 g/mol. The third-order valence-electron chi connectivity index (χ3n) is 4.66. The fourth-order valence-corrected chi connectivity index (χ4v) is 3.82. The van der Waals surface area contributed by atoms with Crippen LogP contribution in [-0.4, -0.2) is 77.7 Å². The van der Waals surface area contributed by atoms with Gasteiger partial charge in [-0.25, -0.2) is 15.0 Å². The lowest BCUT2D eigenvalue weighted by Gasteiger charge is -2.16. The fraction of sp³-hybridized carbons (Fsp3) is 0.647. The Morgan fingerprint density at radius 3 is 2.82 bits per heavy atom. The Labute approximate surface area is 166 Å². The van der Waals surface area contributed by atoms with E-state index in [1.807, 2.05) is 6.26 Å². The molecule has 3 heterocycles. The molecule has 0 aliphatic carbocycles. The number of nitrogens with one attached hydrogen (secondary N) is 1. The summed E-state index contributed by atoms with van der Waals surface area (Å²) in [5.41, 5.74) is 1.05. The zero-order valence-electron chi connectivity index (χ0n) is 15.6. The summed E-state index contributed by atoms with van der Waals surface area (Å²) < 4.78 is 7.45. The summed E-state index contributed by atoms with van der Waals surface area (Å²) in [4.78, 5) is 23.4. The number of hydrogen-bond donors (Lipinski definition) is 4. The summed E-state index contributed by atoms with van der Waals surface area (Å²) >= 11 is 1.54. The topological polar surface area (TPSA) is 143 Å². The van der Waals surface area contributed by atoms with E-state index in [2.05, 4.69) is 20.3 Å². The number of nitrogens with zero attached hydrogens (tertiary/aromatic N) is 4. The van der Waals surface area contributed by atoms with E-state index in [4.69, 9.17) is 9.84 Å². The summed E-state index contributed by atoms with van der Waals surface area (Å²) in [7, 11) is 0. The molecule has 2 aromatic heterocycles. The maximum Gasteiger partial charge on any atom is 0.303 e. The highest BCUT2D eigenvalue weighted by Gasteiger charge is 2.44. The van der Waals surface area contributed by atoms with Gasteiger partial charge < -0.3 is 25.4 Å². The van der Waals surface area contributed by atoms with Crippen LogP contribution in [0.2, 0.25) is 0 Å². The number of rotatable bonds is 10. The minimum atomic E-state index is -1.07. The summed E-state index contributed by atoms with van der Waals surface area (Å²) in [5, 5.41) is 32.4. The van der Waals surface area contributed by atoms with Gasteiger partial charge in [0, 0.05) is 18.7 Å². The van der Waals surface area contributed by atoms with E-state index in [9.17, 15) is 15.0 Å². The van der Waals surface area contributed by atoms with Crippen LogP contribution < -0.4 is 5.32 Å². The Kier molecular flexibility index (Phi) is 7.05. The van der Waals surface area contributed by atoms with Crippen molar-refractivity contribution in [3.05, 3.63) is 12.7 Å². The zero-order chi connectivity index (χ0) is 20.1. The Balaban J connectivity index is 1.67. The highest BCUT2D eigenvalue weighted by Crippen LogP contribution is 2.33. The number of aliphatic hydroxyl groups excluding tert-OH is 2. The summed E-state index contributed by atoms with van der Waals surface area (Å²) in [6, 6.07) is 0. The van der Waals surface area contributed by atoms with Crippen LogP contribution in [0.4, 0.5) is 5.82 Å². The molecule has 4 atom stereocenters. The SMILES string of the molecule is CSC[C@H]1O[C@@H](n2cnc3c(NCCCCCC(=O)O)ncnc32)C(O)C1O. The smallest absolute Gasteiger partial charge is 0.303 e. The first-order valence-electron chi connectivity index (χ1n) is 9.16. The van der Waals surface area contributed by atoms with Crippen molar-refractivity contribution in [1.29, 1.82) is 0 Å². The first kappa shape index (κ1) is 20.8. The molecule has 2 aromatic rings. The van der Waals surface area contributed by atoms with E-state index in [1.165, 1.54) is 24.4 Å². The Morgan fingerprint density at radius 1 is 1.25 bits per heavy atom. The largest absolute Gasteiger partial charge is 0.481 e. The van der Waals surface area contributed by atoms with Gasteiger partial charge >= 0.3 is 5.97 Å². The second-order valence-corrected chi connectivity index (χ2v) is 7.59. The van der Waals surface area contributed by atoms with Gasteiger partial charge in [0.05, 0.1) is 12.4 Å². The van der Waals surface area contributed by atoms with Crippen LogP contribution in [0, 0.1) is 0 Å². The quantitative estimate of drug-likeness (QED) is 0.416. The molecule has 0 aromatic carbocycles. The number of fused-ring (bicyclic) bond motifs is 1. The molecule has 0 bridgehead atoms. The van der Waals surface area contributed by atoms with Gasteiger partial charge in [-0.1, -0.05) is 6.42 Å². The second kappa shape index (κ2) is 9.50. The fourth-order valence-electron chi connectivity index (χ4n) is 3.21. The molecule has 1 fully saturated rings. The number of hydrogen-bond acceptors (Lipinski definition) is 9. The van der Waals surface area contributed by atoms with Crippen molar-refractivity contribution in [1.82, 2.24) is 19.5 Å². The minimum absolute atomic E-state index is 0.176. The molecule has 10 nitrogen and oxygen atoms in total. The van der Waals surface area contributed by atoms with Crippen molar-refractivity contribution in [2.75, 3.05) is 23.9 Å². The van der Waals surface area contributed by atoms with Crippen molar-refractivity contribution in [2.45, 2.75) is 50.2 Å². The molecule has 0 amide bonds. The highest BCUT2D eigenvalue weighted by molar-refractivity contribution is 7.98. The first-order valence-corrected chi connectivity index (χ1v) is 10.6. The van der Waals surface area contributed by atoms with Crippen molar-refractivity contribution in [2.24, 2.45) is 0 Å². The predicted molar refractivity (Wildman–Crippen MR) is 104 cm³/mol. The Hall–Kier alpha value is -1.95. The highest BCUT2D eigenvalue weighted by atomic mass is 32.2. The molecule has 3 rings (SSSR count). The molecule has 11 heteroatoms. The van der Waals surface area contributed by atoms with Gasteiger partial charge in [-0.15, -0.1) is 0 Å². The van der Waals surface area contributed by atoms with Gasteiger partial charge in [-0.2, -0.15) is 11.8 Å². The zero-order valence-corrected chi connectivity index (χ0v) is 16.4. The lowest BCUT2D eigenvalue weighted by molar-refractivity contribution is -0.137. The standard InChI is InChI=1S/C17H25N5O5S/c1-28-7-10-13(25)14(26)17(27-10)22-9-21-12-15(19-8-20-16(12)22)18-6-4-2-3-5-11(23)24/h8-10,13-14,17,25-26H,2-7H2,1H3,(H,23,24)(H,18,19,20)/t10-,13?,14?,17-/m1/s1. The van der Waals surface area contributed by atoms with E-state index in [1.54, 1.807) is 4.57 Å². The van der Waals surface area contributed by atoms with Gasteiger partial charge in [0.2, 0.25) is 0 Å². The van der Waals surface area contributed by atoms with Crippen molar-refractivity contribution in [3.63, 3.8) is 0 Å². The molecule has 4 N–H and O–H groups in total. The van der Waals surface area contributed by atoms with Crippen LogP contribution in [0.25, 0.3) is 11.2 Å². The van der Waals surface area contributed by atoms with Crippen LogP contribution >= 0.6 is 11.8 Å². The molecule has 1 saturated heterocycles. The average Bonchev–Trinajstić information content (AvgIpc) is 3.21. The summed E-state index contributed by atoms with van der Waals surface area (Å²) in [6.45, 7) is 0.635. The van der Waals surface area contributed by atoms with E-state index in [0.717, 1.165) is 12.8 Å². The van der Waals surface area contributed by atoms with Gasteiger partial charge in [0.25, 0.3) is 0 Å². The molecule has 0 radical (unpaired) electrons. The minimum Gasteiger partial charge on any atom is -0.481 e. The van der Waals surface area contributed by atoms with Crippen LogP contribution in [0.15, 0.2) is 12.7 Å². The normalized spacial score (nSPS) is 24.7. The molecular formula is C17H25N5O5S. The Morgan fingerprint density at radius 2 is 2.07 bits per heavy atom. The number of aliphatic hydroxyl groups is 2. The predicted octanol–water partition coefficient (Wildman–Crippen LogP) is 0.865. The van der Waals surface area contributed by atoms with Gasteiger partial charge in [-0.05, 0) is 19.1 Å². The van der Waals surface area contributed by atoms with Crippen LogP contribution in [0.3, 0.4) is 0 Å². The van der Waals surface area contributed by atoms with E-state index in [-0.39, 0.29) is 6.42 Å². The number of carboxylic acid groups (broad SMARTS) is 1. The number of carboxylic acids is 1. The number of anilines is 1. The van der Waals surface area contributed by atoms with Gasteiger partial charge in [-0.3, -0.25) is 9.36 Å². The number of thioether (sulfide) groups is 1. The van der Waals surface area contributed by atoms with Crippen LogP contribution in [0.1, 0.15) is 31.9 Å². The maximum absolute atomic E-state index is 10.5. The van der Waals surface area contributed by atoms with Gasteiger partial charge in [0.1, 0.15) is 18.5 Å². The number of carbonyl (C=O) groups is 1. The first-order chi connectivity index (χ1) is 13.5.